The summed E-state index contributed by atoms with van der Waals surface area (Å²) in [5.74, 6) is 4.39. The van der Waals surface area contributed by atoms with Crippen molar-refractivity contribution >= 4 is 41.8 Å². The molecule has 0 N–H and O–H groups in total. The van der Waals surface area contributed by atoms with Crippen molar-refractivity contribution < 1.29 is 27.3 Å². The van der Waals surface area contributed by atoms with E-state index in [1.54, 1.807) is 30.5 Å². The maximum absolute atomic E-state index is 6.10. The Labute approximate surface area is 210 Å². The molecule has 7 rings (SSSR count). The number of nitrogens with zero attached hydrogens (tertiary/aromatic N) is 3. The van der Waals surface area contributed by atoms with Gasteiger partial charge >= 0.3 is 7.25 Å². The van der Waals surface area contributed by atoms with E-state index in [-0.39, 0.29) is 0 Å². The summed E-state index contributed by atoms with van der Waals surface area (Å²) in [6, 6.07) is 16.6. The zero-order valence-corrected chi connectivity index (χ0v) is 19.6. The molecule has 0 fully saturated rings. The topological polar surface area (TPSA) is 96.8 Å². The number of allylic oxidation sites excluding steroid dienone is 1. The van der Waals surface area contributed by atoms with Gasteiger partial charge in [-0.3, -0.25) is 4.48 Å². The van der Waals surface area contributed by atoms with Crippen LogP contribution in [0.2, 0.25) is 0 Å². The Hall–Kier alpha value is -5.12. The first kappa shape index (κ1) is 21.2. The molecule has 9 nitrogen and oxygen atoms in total. The number of amidine groups is 1. The number of hydrogen-bond acceptors (Lipinski definition) is 7. The van der Waals surface area contributed by atoms with E-state index in [9.17, 15) is 0 Å². The van der Waals surface area contributed by atoms with Crippen molar-refractivity contribution in [2.24, 2.45) is 9.98 Å². The van der Waals surface area contributed by atoms with Gasteiger partial charge in [0.15, 0.2) is 39.9 Å². The van der Waals surface area contributed by atoms with E-state index in [0.29, 0.717) is 62.5 Å². The lowest BCUT2D eigenvalue weighted by atomic mass is 10.1. The van der Waals surface area contributed by atoms with Crippen LogP contribution in [0.15, 0.2) is 103 Å². The van der Waals surface area contributed by atoms with E-state index in [1.807, 2.05) is 53.9 Å². The number of aliphatic imine (C=N–C) groups is 1. The number of hydrogen-bond donors (Lipinski definition) is 0. The van der Waals surface area contributed by atoms with Crippen molar-refractivity contribution in [3.63, 3.8) is 0 Å². The van der Waals surface area contributed by atoms with Crippen LogP contribution >= 0.6 is 0 Å². The molecule has 0 aliphatic carbocycles. The van der Waals surface area contributed by atoms with Crippen LogP contribution in [0.4, 0.5) is 5.82 Å². The summed E-state index contributed by atoms with van der Waals surface area (Å²) < 4.78 is 36.9. The average Bonchev–Trinajstić information content (AvgIpc) is 3.70. The fraction of sp³-hybridized carbons (Fsp3) is 0.0370. The Morgan fingerprint density at radius 1 is 1.05 bits per heavy atom. The van der Waals surface area contributed by atoms with Crippen LogP contribution < -0.4 is 20.1 Å². The van der Waals surface area contributed by atoms with Gasteiger partial charge in [0.2, 0.25) is 0 Å². The molecule has 0 spiro atoms. The zero-order chi connectivity index (χ0) is 24.9. The Morgan fingerprint density at radius 2 is 1.89 bits per heavy atom. The number of ether oxygens (including phenoxy) is 1. The Morgan fingerprint density at radius 3 is 2.62 bits per heavy atom. The lowest BCUT2D eigenvalue weighted by Gasteiger charge is -2.09. The zero-order valence-electron chi connectivity index (χ0n) is 19.6. The standard InChI is InChI=1S/C27H18BN3O6/c1-3-10-32-16(2)22-12-17-23(34-22)14-26(29-17)30-27-15-24-18(13-25(35-24)19-9-6-11-33-19)31(27)28-36-20-7-4-5-8-21(20)37-28/h3-15H,2H2,1H3/b10-3-,30-26?. The van der Waals surface area contributed by atoms with Gasteiger partial charge in [0.1, 0.15) is 22.7 Å². The molecular weight excluding hydrogens is 473 g/mol. The van der Waals surface area contributed by atoms with Crippen molar-refractivity contribution in [2.75, 3.05) is 0 Å². The molecule has 6 heterocycles. The van der Waals surface area contributed by atoms with Gasteiger partial charge in [0.05, 0.1) is 18.0 Å². The lowest BCUT2D eigenvalue weighted by molar-refractivity contribution is 0.403. The molecule has 37 heavy (non-hydrogen) atoms. The minimum atomic E-state index is -0.785. The molecule has 0 bridgehead atoms. The highest BCUT2D eigenvalue weighted by atomic mass is 16.6. The monoisotopic (exact) mass is 491 g/mol. The van der Waals surface area contributed by atoms with Gasteiger partial charge in [-0.2, -0.15) is 0 Å². The largest absolute Gasteiger partial charge is 0.744 e. The van der Waals surface area contributed by atoms with Crippen LogP contribution in [0.1, 0.15) is 12.7 Å². The molecule has 1 aromatic carbocycles. The van der Waals surface area contributed by atoms with Crippen molar-refractivity contribution in [2.45, 2.75) is 6.92 Å². The van der Waals surface area contributed by atoms with Crippen LogP contribution in [0, 0.1) is 0 Å². The molecule has 5 aromatic rings. The molecule has 2 aliphatic rings. The quantitative estimate of drug-likeness (QED) is 0.244. The van der Waals surface area contributed by atoms with Crippen LogP contribution in [0.3, 0.4) is 0 Å². The predicted octanol–water partition coefficient (Wildman–Crippen LogP) is 5.06. The summed E-state index contributed by atoms with van der Waals surface area (Å²) in [5, 5.41) is 0.640. The third-order valence-corrected chi connectivity index (χ3v) is 5.87. The molecule has 0 saturated heterocycles. The molecule has 0 amide bonds. The van der Waals surface area contributed by atoms with Gasteiger partial charge in [0, 0.05) is 24.3 Å². The highest BCUT2D eigenvalue weighted by Crippen LogP contribution is 2.38. The number of fused-ring (bicyclic) bond motifs is 3. The molecule has 180 valence electrons. The molecule has 0 unspecified atom stereocenters. The van der Waals surface area contributed by atoms with Gasteiger partial charge in [-0.05, 0) is 31.2 Å². The fourth-order valence-corrected chi connectivity index (χ4v) is 4.22. The van der Waals surface area contributed by atoms with Crippen molar-refractivity contribution in [1.29, 1.82) is 0 Å². The number of aromatic nitrogens is 1. The van der Waals surface area contributed by atoms with E-state index in [2.05, 4.69) is 11.6 Å². The number of para-hydroxylation sites is 2. The van der Waals surface area contributed by atoms with Gasteiger partial charge in [0.25, 0.3) is 0 Å². The second kappa shape index (κ2) is 8.23. The molecule has 0 saturated carbocycles. The summed E-state index contributed by atoms with van der Waals surface area (Å²) >= 11 is 0. The van der Waals surface area contributed by atoms with E-state index in [1.165, 1.54) is 6.26 Å². The van der Waals surface area contributed by atoms with Crippen molar-refractivity contribution in [3.05, 3.63) is 96.3 Å². The highest BCUT2D eigenvalue weighted by Gasteiger charge is 2.39. The third kappa shape index (κ3) is 3.58. The first-order valence-electron chi connectivity index (χ1n) is 11.5. The van der Waals surface area contributed by atoms with Gasteiger partial charge < -0.3 is 27.3 Å². The van der Waals surface area contributed by atoms with E-state index in [0.717, 1.165) is 5.52 Å². The number of benzene rings is 1. The summed E-state index contributed by atoms with van der Waals surface area (Å²) in [4.78, 5) is 9.36. The summed E-state index contributed by atoms with van der Waals surface area (Å²) in [5.41, 5.74) is 1.91. The van der Waals surface area contributed by atoms with E-state index in [4.69, 9.17) is 32.3 Å². The average molecular weight is 491 g/mol. The Kier molecular flexibility index (Phi) is 4.71. The smallest absolute Gasteiger partial charge is 0.503 e. The maximum Gasteiger partial charge on any atom is 0.744 e. The second-order valence-electron chi connectivity index (χ2n) is 8.30. The summed E-state index contributed by atoms with van der Waals surface area (Å²) in [7, 11) is -0.785. The summed E-state index contributed by atoms with van der Waals surface area (Å²) in [6.45, 7) is 5.73. The van der Waals surface area contributed by atoms with Gasteiger partial charge in [-0.15, -0.1) is 0 Å². The van der Waals surface area contributed by atoms with E-state index < -0.39 is 7.25 Å². The normalized spacial score (nSPS) is 14.9. The Bertz CT molecular complexity index is 1790. The van der Waals surface area contributed by atoms with E-state index >= 15 is 0 Å². The van der Waals surface area contributed by atoms with Crippen LogP contribution in [-0.4, -0.2) is 17.6 Å². The first-order valence-corrected chi connectivity index (χ1v) is 11.5. The van der Waals surface area contributed by atoms with Gasteiger partial charge in [-0.25, -0.2) is 9.98 Å². The van der Waals surface area contributed by atoms with Crippen LogP contribution in [0.25, 0.3) is 34.5 Å². The second-order valence-corrected chi connectivity index (χ2v) is 8.30. The lowest BCUT2D eigenvalue weighted by Crippen LogP contribution is -2.33. The van der Waals surface area contributed by atoms with Crippen LogP contribution in [0.5, 0.6) is 11.5 Å². The molecule has 2 aliphatic heterocycles. The highest BCUT2D eigenvalue weighted by molar-refractivity contribution is 6.48. The first-order chi connectivity index (χ1) is 18.2. The molecule has 0 atom stereocenters. The SMILES string of the molecule is C=C(O/C=C\C)c1cc2c(o1)=CC(=Nc1cc3oc(-c4ccco4)cc3n1B1Oc3ccccc3O1)N=2. The molecule has 0 radical (unpaired) electrons. The fourth-order valence-electron chi connectivity index (χ4n) is 4.22. The van der Waals surface area contributed by atoms with Crippen molar-refractivity contribution in [3.8, 4) is 23.0 Å². The minimum absolute atomic E-state index is 0.395. The van der Waals surface area contributed by atoms with Crippen LogP contribution in [-0.2, 0) is 4.74 Å². The Balaban J connectivity index is 1.29. The summed E-state index contributed by atoms with van der Waals surface area (Å²) in [6.07, 6.45) is 6.65. The van der Waals surface area contributed by atoms with Crippen molar-refractivity contribution in [1.82, 2.24) is 4.48 Å². The molecular formula is C27H18BN3O6. The third-order valence-electron chi connectivity index (χ3n) is 5.87. The molecule has 10 heteroatoms. The van der Waals surface area contributed by atoms with Gasteiger partial charge in [-0.1, -0.05) is 24.8 Å². The maximum atomic E-state index is 6.10. The molecule has 4 aromatic heterocycles. The minimum Gasteiger partial charge on any atom is -0.503 e. The number of rotatable bonds is 6. The predicted molar refractivity (Wildman–Crippen MR) is 137 cm³/mol. The number of furan rings is 3.